The van der Waals surface area contributed by atoms with E-state index >= 15 is 0 Å². The Morgan fingerprint density at radius 1 is 0.533 bits per heavy atom. The molecule has 2 aromatic carbocycles. The molecule has 0 saturated carbocycles. The van der Waals surface area contributed by atoms with Gasteiger partial charge in [0.1, 0.15) is 5.75 Å². The van der Waals surface area contributed by atoms with E-state index in [0.717, 1.165) is 147 Å². The highest BCUT2D eigenvalue weighted by Gasteiger charge is 2.49. The number of thiophene rings is 4. The lowest BCUT2D eigenvalue weighted by molar-refractivity contribution is 0.103. The summed E-state index contributed by atoms with van der Waals surface area (Å²) in [5, 5.41) is 21.6. The van der Waals surface area contributed by atoms with E-state index in [-0.39, 0.29) is 70.8 Å². The minimum Gasteiger partial charge on any atom is -0.492 e. The van der Waals surface area contributed by atoms with Gasteiger partial charge in [-0.3, -0.25) is 9.59 Å². The molecular weight excluding hydrogens is 1270 g/mol. The normalized spacial score (nSPS) is 18.2. The number of fused-ring (bicyclic) bond motifs is 5. The fraction of sp³-hybridized carbons (Fsp3) is 0.440. The van der Waals surface area contributed by atoms with Gasteiger partial charge in [0.15, 0.2) is 11.6 Å². The van der Waals surface area contributed by atoms with Gasteiger partial charge in [0.25, 0.3) is 11.4 Å². The fourth-order valence-electron chi connectivity index (χ4n) is 13.6. The maximum atomic E-state index is 14.6. The van der Waals surface area contributed by atoms with Crippen LogP contribution in [0.4, 0.5) is 0 Å². The van der Waals surface area contributed by atoms with Gasteiger partial charge in [-0.1, -0.05) is 198 Å². The number of benzene rings is 2. The molecule has 0 aliphatic heterocycles. The Hall–Kier alpha value is -5.54. The molecule has 0 fully saturated rings. The van der Waals surface area contributed by atoms with E-state index in [1.165, 1.54) is 42.3 Å². The summed E-state index contributed by atoms with van der Waals surface area (Å²) in [4.78, 5) is 45.0. The predicted octanol–water partition coefficient (Wildman–Crippen LogP) is 25.6. The molecule has 6 aromatic rings. The number of Topliss-reactive ketones (excluding diaryl/α,β-unsaturated/α-hetero) is 2. The number of hydrogen-bond donors (Lipinski definition) is 0. The first kappa shape index (κ1) is 68.8. The number of carbonyl (C=O) groups is 2. The van der Waals surface area contributed by atoms with Crippen LogP contribution in [-0.4, -0.2) is 18.2 Å². The highest BCUT2D eigenvalue weighted by molar-refractivity contribution is 7.29. The van der Waals surface area contributed by atoms with E-state index < -0.39 is 0 Å². The van der Waals surface area contributed by atoms with Crippen molar-refractivity contribution in [2.45, 2.75) is 183 Å². The van der Waals surface area contributed by atoms with E-state index in [1.807, 2.05) is 40.9 Å². The van der Waals surface area contributed by atoms with Gasteiger partial charge in [0, 0.05) is 73.0 Å². The SMILES string of the molecule is [C-]#[N+]/C(C#N)=C1\C(=C\c2cc(OCC(CC)CCCC)c(-c3cc4c(s3)-c3sc(-c5sc(/C=C6\C(=O)c7cc(Cl)c(Cl)cc7\C6=C(\C#N)[N+]#[C-])cc5CC(CC)CCCC)cc3C4(CC(CC)CCCC)CC(CC)CCCC)s2)C(=O)c2cc(Cl)c(Cl)cc21. The number of halogens is 4. The van der Waals surface area contributed by atoms with E-state index in [9.17, 15) is 20.1 Å². The van der Waals surface area contributed by atoms with Crippen LogP contribution in [0.25, 0.3) is 62.3 Å². The Bertz CT molecular complexity index is 3970. The Morgan fingerprint density at radius 2 is 0.933 bits per heavy atom. The first-order valence-electron chi connectivity index (χ1n) is 32.3. The maximum Gasteiger partial charge on any atom is 0.270 e. The summed E-state index contributed by atoms with van der Waals surface area (Å²) in [5.74, 6) is 1.88. The first-order valence-corrected chi connectivity index (χ1v) is 37.0. The average Bonchev–Trinajstić information content (AvgIpc) is 1.54. The lowest BCUT2D eigenvalue weighted by Crippen LogP contribution is -2.31. The van der Waals surface area contributed by atoms with Crippen LogP contribution in [0.5, 0.6) is 5.75 Å². The van der Waals surface area contributed by atoms with Gasteiger partial charge >= 0.3 is 0 Å². The zero-order chi connectivity index (χ0) is 64.6. The third-order valence-electron chi connectivity index (χ3n) is 18.8. The van der Waals surface area contributed by atoms with Gasteiger partial charge in [-0.25, -0.2) is 20.2 Å². The minimum atomic E-state index is -0.326. The van der Waals surface area contributed by atoms with Crippen LogP contribution < -0.4 is 4.74 Å². The average molecular weight is 1350 g/mol. The van der Waals surface area contributed by atoms with Crippen molar-refractivity contribution in [2.75, 3.05) is 6.61 Å². The van der Waals surface area contributed by atoms with Crippen LogP contribution in [0, 0.1) is 59.5 Å². The molecule has 9 rings (SSSR count). The molecule has 0 amide bonds. The summed E-state index contributed by atoms with van der Waals surface area (Å²) in [7, 11) is 0. The van der Waals surface area contributed by atoms with Crippen molar-refractivity contribution >= 4 is 127 Å². The van der Waals surface area contributed by atoms with E-state index in [0.29, 0.717) is 52.5 Å². The molecule has 0 radical (unpaired) electrons. The third kappa shape index (κ3) is 14.0. The quantitative estimate of drug-likeness (QED) is 0.0265. The van der Waals surface area contributed by atoms with Crippen LogP contribution in [0.3, 0.4) is 0 Å². The van der Waals surface area contributed by atoms with Crippen molar-refractivity contribution in [1.29, 1.82) is 10.5 Å². The first-order chi connectivity index (χ1) is 43.5. The summed E-state index contributed by atoms with van der Waals surface area (Å²) < 4.78 is 7.04. The number of carbonyl (C=O) groups excluding carboxylic acids is 2. The smallest absolute Gasteiger partial charge is 0.270 e. The van der Waals surface area contributed by atoms with Crippen molar-refractivity contribution in [3.8, 4) is 47.2 Å². The molecule has 4 unspecified atom stereocenters. The maximum absolute atomic E-state index is 14.6. The fourth-order valence-corrected chi connectivity index (χ4v) is 19.4. The minimum absolute atomic E-state index is 0.171. The van der Waals surface area contributed by atoms with Crippen LogP contribution in [-0.2, 0) is 11.8 Å². The number of hydrogen-bond acceptors (Lipinski definition) is 9. The summed E-state index contributed by atoms with van der Waals surface area (Å²) >= 11 is 33.1. The molecule has 4 aromatic heterocycles. The van der Waals surface area contributed by atoms with Crippen LogP contribution in [0.2, 0.25) is 20.1 Å². The number of nitriles is 2. The van der Waals surface area contributed by atoms with Crippen LogP contribution in [0.15, 0.2) is 71.1 Å². The highest BCUT2D eigenvalue weighted by atomic mass is 35.5. The zero-order valence-electron chi connectivity index (χ0n) is 52.9. The monoisotopic (exact) mass is 1350 g/mol. The summed E-state index contributed by atoms with van der Waals surface area (Å²) in [6.07, 6.45) is 24.3. The Kier molecular flexibility index (Phi) is 23.6. The van der Waals surface area contributed by atoms with E-state index in [4.69, 9.17) is 64.3 Å². The molecule has 7 nitrogen and oxygen atoms in total. The molecule has 4 heterocycles. The number of allylic oxidation sites excluding steroid dienone is 6. The molecule has 0 N–H and O–H groups in total. The topological polar surface area (TPSA) is 99.7 Å². The summed E-state index contributed by atoms with van der Waals surface area (Å²) in [6.45, 7) is 34.9. The number of ketones is 2. The second kappa shape index (κ2) is 30.9. The van der Waals surface area contributed by atoms with Crippen LogP contribution in [0.1, 0.15) is 229 Å². The van der Waals surface area contributed by atoms with Crippen molar-refractivity contribution in [2.24, 2.45) is 23.7 Å². The Morgan fingerprint density at radius 3 is 1.36 bits per heavy atom. The second-order valence-electron chi connectivity index (χ2n) is 24.5. The van der Waals surface area contributed by atoms with Crippen molar-refractivity contribution in [3.63, 3.8) is 0 Å². The van der Waals surface area contributed by atoms with Gasteiger partial charge in [0.05, 0.1) is 56.9 Å². The van der Waals surface area contributed by atoms with Gasteiger partial charge in [-0.05, 0) is 138 Å². The van der Waals surface area contributed by atoms with Crippen molar-refractivity contribution in [3.05, 3.63) is 163 Å². The number of nitrogens with zero attached hydrogens (tertiary/aromatic N) is 4. The van der Waals surface area contributed by atoms with Gasteiger partial charge in [-0.2, -0.15) is 0 Å². The lowest BCUT2D eigenvalue weighted by atomic mass is 9.65. The van der Waals surface area contributed by atoms with Crippen molar-refractivity contribution in [1.82, 2.24) is 0 Å². The predicted molar refractivity (Wildman–Crippen MR) is 383 cm³/mol. The van der Waals surface area contributed by atoms with Gasteiger partial charge in [0.2, 0.25) is 0 Å². The molecule has 15 heteroatoms. The van der Waals surface area contributed by atoms with Gasteiger partial charge < -0.3 is 4.74 Å². The lowest BCUT2D eigenvalue weighted by Gasteiger charge is -2.37. The summed E-state index contributed by atoms with van der Waals surface area (Å²) in [5.41, 5.74) is 5.92. The van der Waals surface area contributed by atoms with Crippen LogP contribution >= 0.6 is 91.8 Å². The molecule has 4 atom stereocenters. The Labute approximate surface area is 569 Å². The van der Waals surface area contributed by atoms with Crippen molar-refractivity contribution < 1.29 is 14.3 Å². The number of unbranched alkanes of at least 4 members (excludes halogenated alkanes) is 4. The molecule has 90 heavy (non-hydrogen) atoms. The molecule has 468 valence electrons. The molecule has 0 bridgehead atoms. The molecule has 3 aliphatic rings. The van der Waals surface area contributed by atoms with E-state index in [2.05, 4.69) is 95.4 Å². The van der Waals surface area contributed by atoms with E-state index in [1.54, 1.807) is 40.9 Å². The molecule has 0 saturated heterocycles. The number of ether oxygens (including phenoxy) is 1. The standard InChI is InChI=1S/C75H78Cl4N4O3S4/c1-11-19-23-43(15-5)27-47-28-48(29-54-67(62(40-80)82-9)50-32-58(76)60(78)34-52(50)69(54)84)87-71(47)65-36-56-72(89-65)73-57(75(56,38-44(16-6)24-20-12-2)39-45(17-7)25-21-13-3)37-66(90-73)74-64(86-42-46(18-8)26-22-14-4)31-49(88-74)30-55-68(63(41-81)83-10)51-33-59(77)61(79)35-53(51)70(55)85/h28-37,43-46H,11-27,38-39,42H2,1-8H3/b54-29-,55-30-,67-62+,68-63-. The zero-order valence-corrected chi connectivity index (χ0v) is 59.2. The second-order valence-corrected chi connectivity index (χ2v) is 30.4. The molecule has 0 spiro atoms. The van der Waals surface area contributed by atoms with Gasteiger partial charge in [-0.15, -0.1) is 45.3 Å². The molecule has 3 aliphatic carbocycles. The number of rotatable bonds is 29. The Balaban J connectivity index is 1.28. The highest BCUT2D eigenvalue weighted by Crippen LogP contribution is 2.64. The molecular formula is C75H78Cl4N4O3S4. The summed E-state index contributed by atoms with van der Waals surface area (Å²) in [6, 6.07) is 19.7. The third-order valence-corrected chi connectivity index (χ3v) is 25.2. The largest absolute Gasteiger partial charge is 0.492 e.